The summed E-state index contributed by atoms with van der Waals surface area (Å²) in [6.45, 7) is 0. The van der Waals surface area contributed by atoms with Gasteiger partial charge in [0.05, 0.1) is 16.8 Å². The number of hydrogen-bond donors (Lipinski definition) is 6. The summed E-state index contributed by atoms with van der Waals surface area (Å²) >= 11 is 1.18. The summed E-state index contributed by atoms with van der Waals surface area (Å²) in [5.41, 5.74) is -0.676. The van der Waals surface area contributed by atoms with Crippen molar-refractivity contribution in [3.8, 4) is 5.75 Å². The molecule has 41 heavy (non-hydrogen) atoms. The molecule has 210 valence electrons. The summed E-state index contributed by atoms with van der Waals surface area (Å²) in [7, 11) is -6.24. The van der Waals surface area contributed by atoms with Crippen LogP contribution < -0.4 is 26.2 Å². The SMILES string of the molecule is O=C(O)c1cccc2c1OB(O)[C@@H](NC(=O)C(NC(=O)c1cnc3sccn3c1=O)c1ccc(P(=O)(O)O)cc1)C2. The van der Waals surface area contributed by atoms with Gasteiger partial charge in [-0.3, -0.25) is 23.3 Å². The van der Waals surface area contributed by atoms with E-state index in [1.54, 1.807) is 11.4 Å². The highest BCUT2D eigenvalue weighted by Gasteiger charge is 2.39. The molecule has 0 fully saturated rings. The van der Waals surface area contributed by atoms with E-state index >= 15 is 0 Å². The average Bonchev–Trinajstić information content (AvgIpc) is 3.41. The average molecular weight is 598 g/mol. The Hall–Kier alpha value is -4.34. The van der Waals surface area contributed by atoms with Gasteiger partial charge in [0, 0.05) is 17.8 Å². The summed E-state index contributed by atoms with van der Waals surface area (Å²) in [5.74, 6) is -4.16. The van der Waals surface area contributed by atoms with Crippen molar-refractivity contribution < 1.29 is 43.5 Å². The van der Waals surface area contributed by atoms with Crippen LogP contribution in [0.15, 0.2) is 65.0 Å². The van der Waals surface area contributed by atoms with Crippen LogP contribution in [-0.2, 0) is 15.8 Å². The van der Waals surface area contributed by atoms with Crippen LogP contribution in [0.1, 0.15) is 37.9 Å². The molecule has 6 N–H and O–H groups in total. The van der Waals surface area contributed by atoms with Gasteiger partial charge in [-0.2, -0.15) is 0 Å². The normalized spacial score (nSPS) is 15.5. The third-order valence-corrected chi connectivity index (χ3v) is 8.11. The Morgan fingerprint density at radius 3 is 2.56 bits per heavy atom. The van der Waals surface area contributed by atoms with Crippen LogP contribution in [0.5, 0.6) is 5.75 Å². The smallest absolute Gasteiger partial charge is 0.534 e. The van der Waals surface area contributed by atoms with Gasteiger partial charge in [0.25, 0.3) is 11.5 Å². The van der Waals surface area contributed by atoms with E-state index in [2.05, 4.69) is 15.6 Å². The minimum absolute atomic E-state index is 0.0126. The molecule has 5 rings (SSSR count). The number of carboxylic acids is 1. The minimum Gasteiger partial charge on any atom is -0.534 e. The van der Waals surface area contributed by atoms with Gasteiger partial charge in [-0.1, -0.05) is 24.3 Å². The van der Waals surface area contributed by atoms with Crippen molar-refractivity contribution in [3.05, 3.63) is 92.8 Å². The topological polar surface area (TPSA) is 217 Å². The van der Waals surface area contributed by atoms with Crippen LogP contribution in [0, 0.1) is 0 Å². The molecule has 0 aliphatic carbocycles. The van der Waals surface area contributed by atoms with Gasteiger partial charge in [-0.15, -0.1) is 11.3 Å². The lowest BCUT2D eigenvalue weighted by atomic mass is 9.72. The van der Waals surface area contributed by atoms with E-state index in [1.165, 1.54) is 46.2 Å². The van der Waals surface area contributed by atoms with Gasteiger partial charge in [0.1, 0.15) is 17.4 Å². The maximum Gasteiger partial charge on any atom is 0.547 e. The van der Waals surface area contributed by atoms with Crippen LogP contribution in [0.25, 0.3) is 4.96 Å². The van der Waals surface area contributed by atoms with Crippen LogP contribution >= 0.6 is 18.9 Å². The van der Waals surface area contributed by atoms with E-state index in [9.17, 15) is 43.7 Å². The van der Waals surface area contributed by atoms with Gasteiger partial charge in [-0.25, -0.2) is 9.78 Å². The Bertz CT molecular complexity index is 1790. The molecule has 14 nitrogen and oxygen atoms in total. The first kappa shape index (κ1) is 28.2. The number of nitrogens with one attached hydrogen (secondary N) is 2. The van der Waals surface area contributed by atoms with Crippen molar-refractivity contribution in [1.82, 2.24) is 20.0 Å². The quantitative estimate of drug-likeness (QED) is 0.122. The lowest BCUT2D eigenvalue weighted by Crippen LogP contribution is -2.55. The predicted molar refractivity (Wildman–Crippen MR) is 145 cm³/mol. The number of carbonyl (C=O) groups excluding carboxylic acids is 2. The second kappa shape index (κ2) is 10.9. The molecule has 0 bridgehead atoms. The van der Waals surface area contributed by atoms with Crippen LogP contribution in [-0.4, -0.2) is 60.1 Å². The monoisotopic (exact) mass is 598 g/mol. The highest BCUT2D eigenvalue weighted by Crippen LogP contribution is 2.33. The van der Waals surface area contributed by atoms with Gasteiger partial charge in [0.15, 0.2) is 4.96 Å². The molecular weight excluding hydrogens is 578 g/mol. The summed E-state index contributed by atoms with van der Waals surface area (Å²) in [6.07, 6.45) is 2.50. The predicted octanol–water partition coefficient (Wildman–Crippen LogP) is -0.132. The van der Waals surface area contributed by atoms with Gasteiger partial charge < -0.3 is 35.2 Å². The number of amides is 2. The van der Waals surface area contributed by atoms with Gasteiger partial charge in [0.2, 0.25) is 5.91 Å². The van der Waals surface area contributed by atoms with Crippen molar-refractivity contribution in [1.29, 1.82) is 0 Å². The second-order valence-corrected chi connectivity index (χ2v) is 11.5. The van der Waals surface area contributed by atoms with Gasteiger partial charge in [-0.05, 0) is 35.7 Å². The fraction of sp³-hybridized carbons (Fsp3) is 0.125. The first-order valence-electron chi connectivity index (χ1n) is 11.9. The molecule has 2 aromatic heterocycles. The summed E-state index contributed by atoms with van der Waals surface area (Å²) in [6, 6.07) is 7.54. The van der Waals surface area contributed by atoms with E-state index in [0.717, 1.165) is 18.3 Å². The zero-order chi connectivity index (χ0) is 29.5. The molecular formula is C24H20BN4O10PS. The Morgan fingerprint density at radius 1 is 1.15 bits per heavy atom. The van der Waals surface area contributed by atoms with E-state index in [-0.39, 0.29) is 34.2 Å². The van der Waals surface area contributed by atoms with E-state index in [4.69, 9.17) is 4.65 Å². The molecule has 4 aromatic rings. The zero-order valence-corrected chi connectivity index (χ0v) is 22.4. The number of para-hydroxylation sites is 1. The van der Waals surface area contributed by atoms with Crippen molar-refractivity contribution >= 4 is 54.1 Å². The number of aromatic carboxylic acids is 1. The second-order valence-electron chi connectivity index (χ2n) is 9.00. The third kappa shape index (κ3) is 5.64. The Morgan fingerprint density at radius 2 is 1.88 bits per heavy atom. The van der Waals surface area contributed by atoms with E-state index in [0.29, 0.717) is 10.5 Å². The Labute approximate surface area is 234 Å². The largest absolute Gasteiger partial charge is 0.547 e. The number of benzene rings is 2. The van der Waals surface area contributed by atoms with E-state index < -0.39 is 50.0 Å². The number of hydrogen-bond acceptors (Lipinski definition) is 9. The fourth-order valence-corrected chi connectivity index (χ4v) is 5.55. The van der Waals surface area contributed by atoms with E-state index in [1.807, 2.05) is 0 Å². The molecule has 2 aromatic carbocycles. The van der Waals surface area contributed by atoms with Crippen LogP contribution in [0.3, 0.4) is 0 Å². The number of carbonyl (C=O) groups is 3. The lowest BCUT2D eigenvalue weighted by Gasteiger charge is -2.30. The highest BCUT2D eigenvalue weighted by atomic mass is 32.1. The molecule has 2 atom stereocenters. The Balaban J connectivity index is 1.44. The van der Waals surface area contributed by atoms with Crippen molar-refractivity contribution in [3.63, 3.8) is 0 Å². The maximum absolute atomic E-state index is 13.5. The number of carboxylic acid groups (broad SMARTS) is 1. The highest BCUT2D eigenvalue weighted by molar-refractivity contribution is 7.60. The van der Waals surface area contributed by atoms with Crippen LogP contribution in [0.4, 0.5) is 0 Å². The number of aromatic nitrogens is 2. The maximum atomic E-state index is 13.5. The van der Waals surface area contributed by atoms with Crippen molar-refractivity contribution in [2.24, 2.45) is 0 Å². The Kier molecular flexibility index (Phi) is 7.51. The number of fused-ring (bicyclic) bond motifs is 2. The molecule has 2 amide bonds. The van der Waals surface area contributed by atoms with Crippen LogP contribution in [0.2, 0.25) is 0 Å². The molecule has 0 saturated carbocycles. The zero-order valence-electron chi connectivity index (χ0n) is 20.7. The lowest BCUT2D eigenvalue weighted by molar-refractivity contribution is -0.123. The molecule has 1 aliphatic heterocycles. The minimum atomic E-state index is -4.60. The fourth-order valence-electron chi connectivity index (χ4n) is 4.33. The number of nitrogens with zero attached hydrogens (tertiary/aromatic N) is 2. The summed E-state index contributed by atoms with van der Waals surface area (Å²) < 4.78 is 18.2. The molecule has 0 radical (unpaired) electrons. The third-order valence-electron chi connectivity index (χ3n) is 6.37. The van der Waals surface area contributed by atoms with Gasteiger partial charge >= 0.3 is 20.7 Å². The standard InChI is InChI=1S/C24H20BN4O10PS/c30-20(16-11-26-24-29(22(16)32)8-9-41-24)28-18(12-4-6-14(7-5-12)40(36,37)38)21(31)27-17-10-13-2-1-3-15(23(33)34)19(13)39-25(17)35/h1-9,11,17-18,35H,10H2,(H,27,31)(H,28,30)(H,33,34)(H2,36,37,38)/t17-,18?/m0/s1. The molecule has 17 heteroatoms. The molecule has 3 heterocycles. The molecule has 1 aliphatic rings. The number of thiazole rings is 1. The molecule has 1 unspecified atom stereocenters. The van der Waals surface area contributed by atoms with Crippen molar-refractivity contribution in [2.45, 2.75) is 18.4 Å². The summed E-state index contributed by atoms with van der Waals surface area (Å²) in [5, 5.41) is 26.3. The molecule has 0 saturated heterocycles. The number of rotatable bonds is 7. The first-order valence-corrected chi connectivity index (χ1v) is 14.4. The first-order chi connectivity index (χ1) is 19.4. The summed E-state index contributed by atoms with van der Waals surface area (Å²) in [4.78, 5) is 74.3. The van der Waals surface area contributed by atoms with Crippen molar-refractivity contribution in [2.75, 3.05) is 0 Å². The molecule has 0 spiro atoms.